The van der Waals surface area contributed by atoms with Gasteiger partial charge in [0.05, 0.1) is 5.56 Å². The minimum Gasteiger partial charge on any atom is -0.352 e. The molecule has 0 bridgehead atoms. The first kappa shape index (κ1) is 20.3. The monoisotopic (exact) mass is 399 g/mol. The van der Waals surface area contributed by atoms with Crippen LogP contribution in [0.5, 0.6) is 0 Å². The number of benzene rings is 2. The standard InChI is InChI=1S/C26H29N3O/c1-20-7-2-3-12-25(20)23-10-4-8-21(15-23)18-29-14-6-9-22(19-29)16-28-26(30)24-11-5-13-27-17-24/h2-5,7-8,10-13,15,17,22H,6,9,14,16,18-19H2,1H3,(H,28,30)/t22-/m0/s1. The molecule has 0 unspecified atom stereocenters. The predicted molar refractivity (Wildman–Crippen MR) is 121 cm³/mol. The topological polar surface area (TPSA) is 45.2 Å². The van der Waals surface area contributed by atoms with E-state index in [4.69, 9.17) is 0 Å². The van der Waals surface area contributed by atoms with Gasteiger partial charge in [-0.15, -0.1) is 0 Å². The highest BCUT2D eigenvalue weighted by Gasteiger charge is 2.21. The summed E-state index contributed by atoms with van der Waals surface area (Å²) in [4.78, 5) is 18.8. The number of hydrogen-bond acceptors (Lipinski definition) is 3. The van der Waals surface area contributed by atoms with Crippen LogP contribution < -0.4 is 5.32 Å². The quantitative estimate of drug-likeness (QED) is 0.653. The molecule has 2 heterocycles. The van der Waals surface area contributed by atoms with Crippen molar-refractivity contribution >= 4 is 5.91 Å². The second kappa shape index (κ2) is 9.68. The molecule has 3 aromatic rings. The molecule has 1 aliphatic rings. The Morgan fingerprint density at radius 1 is 1.13 bits per heavy atom. The molecule has 1 aromatic heterocycles. The summed E-state index contributed by atoms with van der Waals surface area (Å²) in [6.07, 6.45) is 5.63. The van der Waals surface area contributed by atoms with Gasteiger partial charge in [-0.25, -0.2) is 0 Å². The summed E-state index contributed by atoms with van der Waals surface area (Å²) in [5, 5.41) is 3.08. The van der Waals surface area contributed by atoms with E-state index >= 15 is 0 Å². The lowest BCUT2D eigenvalue weighted by Crippen LogP contribution is -2.40. The molecule has 4 rings (SSSR count). The first-order valence-corrected chi connectivity index (χ1v) is 10.7. The maximum atomic E-state index is 12.3. The van der Waals surface area contributed by atoms with Crippen molar-refractivity contribution in [3.05, 3.63) is 89.7 Å². The Hall–Kier alpha value is -2.98. The summed E-state index contributed by atoms with van der Waals surface area (Å²) < 4.78 is 0. The Bertz CT molecular complexity index is 986. The van der Waals surface area contributed by atoms with Gasteiger partial charge in [0.15, 0.2) is 0 Å². The van der Waals surface area contributed by atoms with Crippen molar-refractivity contribution in [2.45, 2.75) is 26.3 Å². The molecular formula is C26H29N3O. The fourth-order valence-corrected chi connectivity index (χ4v) is 4.29. The van der Waals surface area contributed by atoms with Crippen molar-refractivity contribution in [3.8, 4) is 11.1 Å². The number of nitrogens with one attached hydrogen (secondary N) is 1. The molecule has 1 aliphatic heterocycles. The molecule has 0 saturated carbocycles. The average Bonchev–Trinajstić information content (AvgIpc) is 2.79. The van der Waals surface area contributed by atoms with Crippen LogP contribution in [0, 0.1) is 12.8 Å². The number of rotatable bonds is 6. The molecule has 0 aliphatic carbocycles. The maximum Gasteiger partial charge on any atom is 0.252 e. The third kappa shape index (κ3) is 5.14. The van der Waals surface area contributed by atoms with E-state index in [1.807, 2.05) is 0 Å². The number of nitrogens with zero attached hydrogens (tertiary/aromatic N) is 2. The minimum absolute atomic E-state index is 0.0360. The summed E-state index contributed by atoms with van der Waals surface area (Å²) in [7, 11) is 0. The Kier molecular flexibility index (Phi) is 6.55. The highest BCUT2D eigenvalue weighted by Crippen LogP contribution is 2.25. The van der Waals surface area contributed by atoms with Gasteiger partial charge in [0.1, 0.15) is 0 Å². The van der Waals surface area contributed by atoms with Crippen molar-refractivity contribution in [3.63, 3.8) is 0 Å². The third-order valence-corrected chi connectivity index (χ3v) is 5.87. The molecule has 1 N–H and O–H groups in total. The number of hydrogen-bond donors (Lipinski definition) is 1. The van der Waals surface area contributed by atoms with Gasteiger partial charge in [-0.05, 0) is 72.7 Å². The number of carbonyl (C=O) groups excluding carboxylic acids is 1. The third-order valence-electron chi connectivity index (χ3n) is 5.87. The highest BCUT2D eigenvalue weighted by molar-refractivity contribution is 5.93. The lowest BCUT2D eigenvalue weighted by atomic mass is 9.96. The van der Waals surface area contributed by atoms with Crippen LogP contribution in [0.4, 0.5) is 0 Å². The fraction of sp³-hybridized carbons (Fsp3) is 0.308. The van der Waals surface area contributed by atoms with Gasteiger partial charge in [-0.2, -0.15) is 0 Å². The summed E-state index contributed by atoms with van der Waals surface area (Å²) in [6, 6.07) is 21.0. The van der Waals surface area contributed by atoms with E-state index in [0.29, 0.717) is 18.0 Å². The maximum absolute atomic E-state index is 12.3. The van der Waals surface area contributed by atoms with Crippen LogP contribution in [-0.2, 0) is 6.54 Å². The molecule has 1 saturated heterocycles. The Morgan fingerprint density at radius 2 is 2.03 bits per heavy atom. The smallest absolute Gasteiger partial charge is 0.252 e. The molecule has 1 atom stereocenters. The fourth-order valence-electron chi connectivity index (χ4n) is 4.29. The van der Waals surface area contributed by atoms with Gasteiger partial charge in [0.25, 0.3) is 5.91 Å². The molecule has 4 nitrogen and oxygen atoms in total. The van der Waals surface area contributed by atoms with Crippen LogP contribution >= 0.6 is 0 Å². The highest BCUT2D eigenvalue weighted by atomic mass is 16.1. The molecule has 0 spiro atoms. The molecule has 154 valence electrons. The first-order chi connectivity index (χ1) is 14.7. The van der Waals surface area contributed by atoms with Crippen molar-refractivity contribution in [1.82, 2.24) is 15.2 Å². The van der Waals surface area contributed by atoms with Gasteiger partial charge in [-0.3, -0.25) is 14.7 Å². The van der Waals surface area contributed by atoms with Crippen molar-refractivity contribution in [2.24, 2.45) is 5.92 Å². The van der Waals surface area contributed by atoms with Crippen LogP contribution in [0.15, 0.2) is 73.1 Å². The van der Waals surface area contributed by atoms with E-state index in [-0.39, 0.29) is 5.91 Å². The molecule has 0 radical (unpaired) electrons. The second-order valence-corrected chi connectivity index (χ2v) is 8.21. The zero-order valence-electron chi connectivity index (χ0n) is 17.6. The number of pyridine rings is 1. The Balaban J connectivity index is 1.35. The number of carbonyl (C=O) groups is 1. The molecular weight excluding hydrogens is 370 g/mol. The van der Waals surface area contributed by atoms with E-state index < -0.39 is 0 Å². The summed E-state index contributed by atoms with van der Waals surface area (Å²) in [5.41, 5.74) is 5.85. The normalized spacial score (nSPS) is 16.9. The van der Waals surface area contributed by atoms with E-state index in [9.17, 15) is 4.79 Å². The molecule has 1 fully saturated rings. The average molecular weight is 400 g/mol. The zero-order chi connectivity index (χ0) is 20.8. The number of aromatic nitrogens is 1. The zero-order valence-corrected chi connectivity index (χ0v) is 17.6. The van der Waals surface area contributed by atoms with Gasteiger partial charge in [0, 0.05) is 32.0 Å². The van der Waals surface area contributed by atoms with Crippen molar-refractivity contribution in [2.75, 3.05) is 19.6 Å². The van der Waals surface area contributed by atoms with Crippen LogP contribution in [0.3, 0.4) is 0 Å². The van der Waals surface area contributed by atoms with E-state index in [1.54, 1.807) is 24.5 Å². The van der Waals surface area contributed by atoms with Crippen molar-refractivity contribution in [1.29, 1.82) is 0 Å². The van der Waals surface area contributed by atoms with E-state index in [1.165, 1.54) is 28.7 Å². The molecule has 30 heavy (non-hydrogen) atoms. The van der Waals surface area contributed by atoms with Crippen LogP contribution in [0.25, 0.3) is 11.1 Å². The molecule has 1 amide bonds. The molecule has 2 aromatic carbocycles. The van der Waals surface area contributed by atoms with Gasteiger partial charge in [0.2, 0.25) is 0 Å². The number of likely N-dealkylation sites (tertiary alicyclic amines) is 1. The number of aryl methyl sites for hydroxylation is 1. The van der Waals surface area contributed by atoms with E-state index in [2.05, 4.69) is 70.7 Å². The predicted octanol–water partition coefficient (Wildman–Crippen LogP) is 4.70. The Morgan fingerprint density at radius 3 is 2.87 bits per heavy atom. The van der Waals surface area contributed by atoms with Gasteiger partial charge < -0.3 is 5.32 Å². The summed E-state index contributed by atoms with van der Waals surface area (Å²) in [6.45, 7) is 5.96. The SMILES string of the molecule is Cc1ccccc1-c1cccc(CN2CCC[C@@H](CNC(=O)c3cccnc3)C2)c1. The van der Waals surface area contributed by atoms with Crippen LogP contribution in [0.2, 0.25) is 0 Å². The number of amides is 1. The molecule has 4 heteroatoms. The first-order valence-electron chi connectivity index (χ1n) is 10.7. The minimum atomic E-state index is -0.0360. The van der Waals surface area contributed by atoms with E-state index in [0.717, 1.165) is 26.1 Å². The van der Waals surface area contributed by atoms with Gasteiger partial charge in [-0.1, -0.05) is 42.5 Å². The van der Waals surface area contributed by atoms with Crippen LogP contribution in [-0.4, -0.2) is 35.4 Å². The lowest BCUT2D eigenvalue weighted by molar-refractivity contribution is 0.0930. The number of piperidine rings is 1. The van der Waals surface area contributed by atoms with Crippen molar-refractivity contribution < 1.29 is 4.79 Å². The van der Waals surface area contributed by atoms with Gasteiger partial charge >= 0.3 is 0 Å². The Labute approximate surface area is 179 Å². The summed E-state index contributed by atoms with van der Waals surface area (Å²) in [5.74, 6) is 0.449. The largest absolute Gasteiger partial charge is 0.352 e. The second-order valence-electron chi connectivity index (χ2n) is 8.21. The summed E-state index contributed by atoms with van der Waals surface area (Å²) >= 11 is 0. The lowest BCUT2D eigenvalue weighted by Gasteiger charge is -2.33. The van der Waals surface area contributed by atoms with Crippen LogP contribution in [0.1, 0.15) is 34.3 Å².